The van der Waals surface area contributed by atoms with Gasteiger partial charge in [0.05, 0.1) is 24.5 Å². The molecule has 0 bridgehead atoms. The number of alkyl carbamates (subject to hydrolysis) is 1. The second-order valence-corrected chi connectivity index (χ2v) is 9.99. The number of ether oxygens (including phenoxy) is 1. The molecule has 12 heteroatoms. The van der Waals surface area contributed by atoms with E-state index in [4.69, 9.17) is 14.3 Å². The fourth-order valence-corrected chi connectivity index (χ4v) is 4.92. The monoisotopic (exact) mass is 546 g/mol. The van der Waals surface area contributed by atoms with Gasteiger partial charge in [-0.3, -0.25) is 9.35 Å². The third-order valence-electron chi connectivity index (χ3n) is 5.56. The van der Waals surface area contributed by atoms with Crippen LogP contribution in [0.3, 0.4) is 0 Å². The molecule has 0 aliphatic heterocycles. The second kappa shape index (κ2) is 13.8. The summed E-state index contributed by atoms with van der Waals surface area (Å²) in [6.07, 6.45) is 0.805. The van der Waals surface area contributed by atoms with E-state index in [1.165, 1.54) is 18.4 Å². The maximum Gasteiger partial charge on any atom is 0.407 e. The topological polar surface area (TPSA) is 139 Å². The number of hydrogen-bond acceptors (Lipinski definition) is 8. The number of aromatic nitrogens is 1. The summed E-state index contributed by atoms with van der Waals surface area (Å²) in [7, 11) is 1.25. The summed E-state index contributed by atoms with van der Waals surface area (Å²) in [5.74, 6) is -0.359. The number of hydrogen-bond donors (Lipinski definition) is 4. The molecule has 4 N–H and O–H groups in total. The third-order valence-corrected chi connectivity index (χ3v) is 6.91. The number of benzene rings is 2. The molecule has 1 heterocycles. The molecule has 3 atom stereocenters. The Morgan fingerprint density at radius 1 is 1.05 bits per heavy atom. The summed E-state index contributed by atoms with van der Waals surface area (Å²) in [4.78, 5) is 31.3. The lowest BCUT2D eigenvalue weighted by Gasteiger charge is -2.22. The zero-order valence-corrected chi connectivity index (χ0v) is 22.4. The predicted molar refractivity (Wildman–Crippen MR) is 142 cm³/mol. The smallest absolute Gasteiger partial charge is 0.407 e. The Morgan fingerprint density at radius 2 is 1.73 bits per heavy atom. The van der Waals surface area contributed by atoms with E-state index in [-0.39, 0.29) is 12.3 Å². The number of anilines is 1. The molecule has 3 rings (SSSR count). The fourth-order valence-electron chi connectivity index (χ4n) is 3.69. The van der Waals surface area contributed by atoms with E-state index in [9.17, 15) is 13.8 Å². The summed E-state index contributed by atoms with van der Waals surface area (Å²) < 4.78 is 28.7. The van der Waals surface area contributed by atoms with Crippen LogP contribution in [0.25, 0.3) is 0 Å². The van der Waals surface area contributed by atoms with Crippen LogP contribution in [-0.4, -0.2) is 38.9 Å². The van der Waals surface area contributed by atoms with Gasteiger partial charge in [-0.05, 0) is 43.0 Å². The minimum atomic E-state index is -2.44. The van der Waals surface area contributed by atoms with Crippen LogP contribution < -0.4 is 16.1 Å². The van der Waals surface area contributed by atoms with E-state index >= 15 is 0 Å². The van der Waals surface area contributed by atoms with E-state index in [0.29, 0.717) is 12.1 Å². The first-order valence-corrected chi connectivity index (χ1v) is 13.4. The van der Waals surface area contributed by atoms with Crippen molar-refractivity contribution in [1.82, 2.24) is 15.6 Å². The second-order valence-electron chi connectivity index (χ2n) is 8.15. The Hall–Kier alpha value is -3.32. The average molecular weight is 547 g/mol. The Morgan fingerprint density at radius 3 is 2.32 bits per heavy atom. The van der Waals surface area contributed by atoms with Crippen LogP contribution in [0, 0.1) is 6.92 Å². The molecule has 0 radical (unpaired) electrons. The van der Waals surface area contributed by atoms with E-state index < -0.39 is 29.5 Å². The van der Waals surface area contributed by atoms with Crippen LogP contribution in [0.5, 0.6) is 0 Å². The van der Waals surface area contributed by atoms with Gasteiger partial charge in [0, 0.05) is 11.3 Å². The zero-order chi connectivity index (χ0) is 26.8. The molecule has 1 aromatic heterocycles. The van der Waals surface area contributed by atoms with E-state index in [2.05, 4.69) is 20.4 Å². The average Bonchev–Trinajstić information content (AvgIpc) is 3.28. The lowest BCUT2D eigenvalue weighted by molar-refractivity contribution is -0.123. The molecule has 0 fully saturated rings. The minimum absolute atomic E-state index is 0.290. The van der Waals surface area contributed by atoms with E-state index in [1.54, 1.807) is 12.1 Å². The number of thiazole rings is 1. The normalized spacial score (nSPS) is 13.3. The van der Waals surface area contributed by atoms with Gasteiger partial charge in [-0.15, -0.1) is 15.6 Å². The third kappa shape index (κ3) is 8.64. The molecular weight excluding hydrogens is 516 g/mol. The lowest BCUT2D eigenvalue weighted by atomic mass is 10.0. The maximum absolute atomic E-state index is 13.5. The van der Waals surface area contributed by atoms with Gasteiger partial charge in [0.25, 0.3) is 0 Å². The Kier molecular flexibility index (Phi) is 10.6. The van der Waals surface area contributed by atoms with Gasteiger partial charge in [0.2, 0.25) is 5.91 Å². The molecular formula is C25H30N4O6S2. The number of methoxy groups -OCH3 is 1. The quantitative estimate of drug-likeness (QED) is 0.198. The molecule has 0 saturated heterocycles. The zero-order valence-electron chi connectivity index (χ0n) is 20.7. The van der Waals surface area contributed by atoms with Crippen molar-refractivity contribution >= 4 is 40.4 Å². The molecule has 2 aromatic carbocycles. The highest BCUT2D eigenvalue weighted by atomic mass is 32.2. The first kappa shape index (κ1) is 28.3. The summed E-state index contributed by atoms with van der Waals surface area (Å²) in [5.41, 5.74) is 5.64. The highest BCUT2D eigenvalue weighted by Gasteiger charge is 2.27. The Bertz CT molecular complexity index is 1200. The number of nitrogens with one attached hydrogen (secondary N) is 3. The van der Waals surface area contributed by atoms with Gasteiger partial charge in [-0.1, -0.05) is 49.4 Å². The van der Waals surface area contributed by atoms with Crippen LogP contribution in [0.15, 0.2) is 54.6 Å². The van der Waals surface area contributed by atoms with Crippen molar-refractivity contribution in [2.24, 2.45) is 0 Å². The number of amides is 2. The standard InChI is InChI=1S/C25H30N4O6S2/c1-4-20-16(2)36-24(27-20)22(15-18-10-12-19(13-11-18)29-35-37(32)33)26-23(30)21(28-25(31)34-3)14-17-8-6-5-7-9-17/h5-13,21-22,29H,4,14-15H2,1-3H3,(H,26,30)(H,28,31)(H,32,33)/t21-,22-/m0/s1. The first-order chi connectivity index (χ1) is 17.8. The molecule has 2 amide bonds. The molecule has 10 nitrogen and oxygen atoms in total. The van der Waals surface area contributed by atoms with Crippen molar-refractivity contribution in [3.63, 3.8) is 0 Å². The van der Waals surface area contributed by atoms with Crippen molar-refractivity contribution in [2.75, 3.05) is 12.6 Å². The summed E-state index contributed by atoms with van der Waals surface area (Å²) in [5, 5.41) is 6.48. The minimum Gasteiger partial charge on any atom is -0.453 e. The van der Waals surface area contributed by atoms with Crippen molar-refractivity contribution in [2.45, 2.75) is 45.2 Å². The molecule has 0 saturated carbocycles. The first-order valence-electron chi connectivity index (χ1n) is 11.6. The lowest BCUT2D eigenvalue weighted by Crippen LogP contribution is -2.49. The Balaban J connectivity index is 1.83. The molecule has 3 aromatic rings. The van der Waals surface area contributed by atoms with Crippen LogP contribution in [0.1, 0.15) is 39.7 Å². The number of carbonyl (C=O) groups is 2. The van der Waals surface area contributed by atoms with Gasteiger partial charge < -0.3 is 15.4 Å². The van der Waals surface area contributed by atoms with Gasteiger partial charge in [0.15, 0.2) is 0 Å². The van der Waals surface area contributed by atoms with Crippen LogP contribution in [0.4, 0.5) is 10.5 Å². The van der Waals surface area contributed by atoms with E-state index in [1.807, 2.05) is 56.3 Å². The molecule has 0 aliphatic carbocycles. The van der Waals surface area contributed by atoms with Gasteiger partial charge in [-0.25, -0.2) is 15.3 Å². The molecule has 198 valence electrons. The molecule has 0 spiro atoms. The van der Waals surface area contributed by atoms with Crippen molar-refractivity contribution in [1.29, 1.82) is 0 Å². The summed E-state index contributed by atoms with van der Waals surface area (Å²) in [6, 6.07) is 15.1. The predicted octanol–water partition coefficient (Wildman–Crippen LogP) is 3.86. The molecule has 0 aliphatic rings. The van der Waals surface area contributed by atoms with Crippen LogP contribution in [0.2, 0.25) is 0 Å². The van der Waals surface area contributed by atoms with E-state index in [0.717, 1.165) is 33.1 Å². The van der Waals surface area contributed by atoms with Gasteiger partial charge in [-0.2, -0.15) is 4.21 Å². The number of rotatable bonds is 12. The largest absolute Gasteiger partial charge is 0.453 e. The highest BCUT2D eigenvalue weighted by molar-refractivity contribution is 7.74. The van der Waals surface area contributed by atoms with Crippen LogP contribution in [-0.2, 0) is 44.4 Å². The Labute approximate surface area is 222 Å². The number of aryl methyl sites for hydroxylation is 2. The maximum atomic E-state index is 13.5. The molecule has 37 heavy (non-hydrogen) atoms. The summed E-state index contributed by atoms with van der Waals surface area (Å²) in [6.45, 7) is 4.03. The van der Waals surface area contributed by atoms with Gasteiger partial charge >= 0.3 is 17.5 Å². The molecule has 1 unspecified atom stereocenters. The van der Waals surface area contributed by atoms with Crippen molar-refractivity contribution < 1.29 is 27.4 Å². The number of carbonyl (C=O) groups excluding carboxylic acids is 2. The summed E-state index contributed by atoms with van der Waals surface area (Å²) >= 11 is -0.917. The van der Waals surface area contributed by atoms with Crippen molar-refractivity contribution in [3.05, 3.63) is 81.3 Å². The highest BCUT2D eigenvalue weighted by Crippen LogP contribution is 2.27. The van der Waals surface area contributed by atoms with Gasteiger partial charge in [0.1, 0.15) is 11.0 Å². The SMILES string of the molecule is CCc1nc([C@H](Cc2ccc(NOS(=O)O)cc2)NC(=O)[C@H](Cc2ccccc2)NC(=O)OC)sc1C. The van der Waals surface area contributed by atoms with Crippen molar-refractivity contribution in [3.8, 4) is 0 Å². The fraction of sp³-hybridized carbons (Fsp3) is 0.320. The number of nitrogens with zero attached hydrogens (tertiary/aromatic N) is 1. The van der Waals surface area contributed by atoms with Crippen LogP contribution >= 0.6 is 11.3 Å².